The van der Waals surface area contributed by atoms with Crippen molar-refractivity contribution in [2.24, 2.45) is 4.99 Å². The number of hydrogen-bond acceptors (Lipinski definition) is 5. The smallest absolute Gasteiger partial charge is 0.191 e. The van der Waals surface area contributed by atoms with Crippen molar-refractivity contribution in [3.05, 3.63) is 29.8 Å². The predicted octanol–water partition coefficient (Wildman–Crippen LogP) is 1.96. The standard InChI is InChI=1S/C19H34N4O3.HI/c1-20-19(21-10-12-23(2)11-5-13-24-3)22-16-17-6-8-18(9-7-17)26-15-14-25-4;/h6-9H,5,10-16H2,1-4H3,(H2,20,21,22);1H. The molecule has 0 aliphatic heterocycles. The molecule has 0 spiro atoms. The largest absolute Gasteiger partial charge is 0.491 e. The topological polar surface area (TPSA) is 67.4 Å². The van der Waals surface area contributed by atoms with Gasteiger partial charge in [0.15, 0.2) is 5.96 Å². The number of guanidine groups is 1. The highest BCUT2D eigenvalue weighted by Crippen LogP contribution is 2.11. The van der Waals surface area contributed by atoms with E-state index >= 15 is 0 Å². The second kappa shape index (κ2) is 17.0. The molecule has 0 bridgehead atoms. The van der Waals surface area contributed by atoms with Gasteiger partial charge in [0.05, 0.1) is 6.61 Å². The summed E-state index contributed by atoms with van der Waals surface area (Å²) in [4.78, 5) is 6.54. The Labute approximate surface area is 180 Å². The highest BCUT2D eigenvalue weighted by atomic mass is 127. The zero-order chi connectivity index (χ0) is 19.0. The van der Waals surface area contributed by atoms with Crippen LogP contribution in [0.25, 0.3) is 0 Å². The van der Waals surface area contributed by atoms with Gasteiger partial charge in [-0.2, -0.15) is 0 Å². The van der Waals surface area contributed by atoms with Crippen molar-refractivity contribution in [2.45, 2.75) is 13.0 Å². The van der Waals surface area contributed by atoms with Gasteiger partial charge in [0.1, 0.15) is 12.4 Å². The van der Waals surface area contributed by atoms with Crippen LogP contribution in [0.1, 0.15) is 12.0 Å². The lowest BCUT2D eigenvalue weighted by Crippen LogP contribution is -2.40. The van der Waals surface area contributed by atoms with Crippen LogP contribution in [0.4, 0.5) is 0 Å². The summed E-state index contributed by atoms with van der Waals surface area (Å²) in [5.41, 5.74) is 1.17. The van der Waals surface area contributed by atoms with E-state index in [4.69, 9.17) is 14.2 Å². The number of rotatable bonds is 13. The third-order valence-corrected chi connectivity index (χ3v) is 3.84. The lowest BCUT2D eigenvalue weighted by atomic mass is 10.2. The van der Waals surface area contributed by atoms with Crippen molar-refractivity contribution >= 4 is 29.9 Å². The molecule has 0 aromatic heterocycles. The molecule has 0 saturated carbocycles. The van der Waals surface area contributed by atoms with Gasteiger partial charge in [0, 0.05) is 54.1 Å². The first-order valence-corrected chi connectivity index (χ1v) is 9.02. The van der Waals surface area contributed by atoms with Crippen LogP contribution in [0, 0.1) is 0 Å². The van der Waals surface area contributed by atoms with Crippen LogP contribution in [0.3, 0.4) is 0 Å². The summed E-state index contributed by atoms with van der Waals surface area (Å²) in [6.07, 6.45) is 1.05. The van der Waals surface area contributed by atoms with Crippen LogP contribution >= 0.6 is 24.0 Å². The minimum atomic E-state index is 0. The molecule has 0 amide bonds. The Morgan fingerprint density at radius 1 is 1.00 bits per heavy atom. The third kappa shape index (κ3) is 12.8. The number of likely N-dealkylation sites (N-methyl/N-ethyl adjacent to an activating group) is 1. The average molecular weight is 494 g/mol. The lowest BCUT2D eigenvalue weighted by Gasteiger charge is -2.18. The maximum atomic E-state index is 5.56. The van der Waals surface area contributed by atoms with Crippen molar-refractivity contribution in [3.8, 4) is 5.75 Å². The molecule has 0 fully saturated rings. The maximum Gasteiger partial charge on any atom is 0.191 e. The first kappa shape index (κ1) is 25.9. The van der Waals surface area contributed by atoms with Crippen molar-refractivity contribution in [1.82, 2.24) is 15.5 Å². The molecule has 0 radical (unpaired) electrons. The lowest BCUT2D eigenvalue weighted by molar-refractivity contribution is 0.146. The molecule has 1 aromatic rings. The molecule has 2 N–H and O–H groups in total. The fraction of sp³-hybridized carbons (Fsp3) is 0.632. The maximum absolute atomic E-state index is 5.56. The van der Waals surface area contributed by atoms with Crippen molar-refractivity contribution in [2.75, 3.05) is 67.8 Å². The molecule has 0 aliphatic carbocycles. The van der Waals surface area contributed by atoms with E-state index in [9.17, 15) is 0 Å². The fourth-order valence-corrected chi connectivity index (χ4v) is 2.31. The number of methoxy groups -OCH3 is 2. The third-order valence-electron chi connectivity index (χ3n) is 3.84. The molecular formula is C19H35IN4O3. The van der Waals surface area contributed by atoms with Gasteiger partial charge in [-0.3, -0.25) is 4.99 Å². The van der Waals surface area contributed by atoms with E-state index in [2.05, 4.69) is 27.6 Å². The second-order valence-electron chi connectivity index (χ2n) is 5.99. The Morgan fingerprint density at radius 3 is 2.33 bits per heavy atom. The summed E-state index contributed by atoms with van der Waals surface area (Å²) >= 11 is 0. The normalized spacial score (nSPS) is 11.2. The number of nitrogens with zero attached hydrogens (tertiary/aromatic N) is 2. The van der Waals surface area contributed by atoms with Gasteiger partial charge >= 0.3 is 0 Å². The van der Waals surface area contributed by atoms with E-state index in [0.29, 0.717) is 19.8 Å². The quantitative estimate of drug-likeness (QED) is 0.189. The van der Waals surface area contributed by atoms with E-state index in [0.717, 1.165) is 44.4 Å². The number of hydrogen-bond donors (Lipinski definition) is 2. The van der Waals surface area contributed by atoms with E-state index < -0.39 is 0 Å². The molecule has 8 heteroatoms. The Morgan fingerprint density at radius 2 is 1.70 bits per heavy atom. The Balaban J connectivity index is 0.00000676. The van der Waals surface area contributed by atoms with Crippen molar-refractivity contribution < 1.29 is 14.2 Å². The summed E-state index contributed by atoms with van der Waals surface area (Å²) in [7, 11) is 7.30. The number of halogens is 1. The predicted molar refractivity (Wildman–Crippen MR) is 121 cm³/mol. The van der Waals surface area contributed by atoms with E-state index in [1.54, 1.807) is 21.3 Å². The molecule has 7 nitrogen and oxygen atoms in total. The van der Waals surface area contributed by atoms with Gasteiger partial charge in [-0.15, -0.1) is 24.0 Å². The van der Waals surface area contributed by atoms with E-state index in [1.807, 2.05) is 24.3 Å². The SMILES string of the molecule is CN=C(NCCN(C)CCCOC)NCc1ccc(OCCOC)cc1.I. The summed E-state index contributed by atoms with van der Waals surface area (Å²) in [5, 5.41) is 6.66. The van der Waals surface area contributed by atoms with E-state index in [-0.39, 0.29) is 24.0 Å². The molecule has 27 heavy (non-hydrogen) atoms. The van der Waals surface area contributed by atoms with Gasteiger partial charge in [0.25, 0.3) is 0 Å². The number of ether oxygens (including phenoxy) is 3. The molecule has 0 atom stereocenters. The van der Waals surface area contributed by atoms with Gasteiger partial charge in [-0.25, -0.2) is 0 Å². The molecule has 0 unspecified atom stereocenters. The van der Waals surface area contributed by atoms with Crippen LogP contribution in [-0.4, -0.2) is 78.6 Å². The summed E-state index contributed by atoms with van der Waals surface area (Å²) in [5.74, 6) is 1.65. The molecule has 0 aliphatic rings. The van der Waals surface area contributed by atoms with Gasteiger partial charge in [-0.05, 0) is 31.2 Å². The highest BCUT2D eigenvalue weighted by molar-refractivity contribution is 14.0. The monoisotopic (exact) mass is 494 g/mol. The molecular weight excluding hydrogens is 459 g/mol. The summed E-state index contributed by atoms with van der Waals surface area (Å²) in [6.45, 7) is 5.49. The molecule has 156 valence electrons. The van der Waals surface area contributed by atoms with Crippen LogP contribution < -0.4 is 15.4 Å². The van der Waals surface area contributed by atoms with Gasteiger partial charge < -0.3 is 29.7 Å². The molecule has 0 saturated heterocycles. The number of nitrogens with one attached hydrogen (secondary N) is 2. The molecule has 1 rings (SSSR count). The zero-order valence-corrected chi connectivity index (χ0v) is 19.3. The minimum Gasteiger partial charge on any atom is -0.491 e. The van der Waals surface area contributed by atoms with Crippen molar-refractivity contribution in [1.29, 1.82) is 0 Å². The van der Waals surface area contributed by atoms with Gasteiger partial charge in [-0.1, -0.05) is 12.1 Å². The highest BCUT2D eigenvalue weighted by Gasteiger charge is 2.01. The minimum absolute atomic E-state index is 0. The average Bonchev–Trinajstić information content (AvgIpc) is 2.66. The first-order valence-electron chi connectivity index (χ1n) is 9.02. The van der Waals surface area contributed by atoms with Crippen molar-refractivity contribution in [3.63, 3.8) is 0 Å². The fourth-order valence-electron chi connectivity index (χ4n) is 2.31. The first-order chi connectivity index (χ1) is 12.7. The van der Waals surface area contributed by atoms with E-state index in [1.165, 1.54) is 5.56 Å². The number of benzene rings is 1. The number of aliphatic imine (C=N–C) groups is 1. The summed E-state index contributed by atoms with van der Waals surface area (Å²) < 4.78 is 15.6. The second-order valence-corrected chi connectivity index (χ2v) is 5.99. The van der Waals surface area contributed by atoms with Crippen LogP contribution in [0.2, 0.25) is 0 Å². The zero-order valence-electron chi connectivity index (χ0n) is 17.0. The Bertz CT molecular complexity index is 500. The molecule has 1 aromatic carbocycles. The van der Waals surface area contributed by atoms with Crippen LogP contribution in [-0.2, 0) is 16.0 Å². The van der Waals surface area contributed by atoms with Crippen LogP contribution in [0.15, 0.2) is 29.3 Å². The Hall–Kier alpha value is -1.10. The van der Waals surface area contributed by atoms with Gasteiger partial charge in [0.2, 0.25) is 0 Å². The van der Waals surface area contributed by atoms with Crippen LogP contribution in [0.5, 0.6) is 5.75 Å². The summed E-state index contributed by atoms with van der Waals surface area (Å²) in [6, 6.07) is 8.04. The molecule has 0 heterocycles. The Kier molecular flexibility index (Phi) is 16.3.